The molecule has 158 valence electrons. The molecule has 0 aliphatic carbocycles. The van der Waals surface area contributed by atoms with E-state index in [0.29, 0.717) is 4.91 Å². The Balaban J connectivity index is 1.84. The first-order chi connectivity index (χ1) is 15.0. The van der Waals surface area contributed by atoms with Crippen molar-refractivity contribution < 1.29 is 24.2 Å². The molecule has 1 amide bonds. The van der Waals surface area contributed by atoms with E-state index in [2.05, 4.69) is 5.10 Å². The van der Waals surface area contributed by atoms with E-state index in [0.717, 1.165) is 22.3 Å². The number of thioether (sulfide) groups is 1. The SMILES string of the molecule is COc1ccc(/C=N/N2C(=O)/C(=C\C=C/c3ccccc3)SC2=S)c(C(=O)O)c1OC. The number of carbonyl (C=O) groups excluding carboxylic acids is 1. The van der Waals surface area contributed by atoms with Crippen LogP contribution in [0.3, 0.4) is 0 Å². The zero-order valence-electron chi connectivity index (χ0n) is 16.6. The Labute approximate surface area is 188 Å². The van der Waals surface area contributed by atoms with Gasteiger partial charge in [0.1, 0.15) is 5.56 Å². The number of allylic oxidation sites excluding steroid dienone is 2. The number of nitrogens with zero attached hydrogens (tertiary/aromatic N) is 2. The Morgan fingerprint density at radius 2 is 1.90 bits per heavy atom. The molecular weight excluding hydrogens is 436 g/mol. The number of carbonyl (C=O) groups is 2. The summed E-state index contributed by atoms with van der Waals surface area (Å²) in [5.41, 5.74) is 1.12. The highest BCUT2D eigenvalue weighted by Gasteiger charge is 2.32. The molecule has 0 atom stereocenters. The van der Waals surface area contributed by atoms with Crippen LogP contribution in [0.25, 0.3) is 6.08 Å². The molecule has 3 rings (SSSR count). The van der Waals surface area contributed by atoms with Crippen molar-refractivity contribution in [1.82, 2.24) is 5.01 Å². The van der Waals surface area contributed by atoms with Crippen LogP contribution < -0.4 is 9.47 Å². The van der Waals surface area contributed by atoms with Gasteiger partial charge in [0.2, 0.25) is 0 Å². The molecule has 7 nitrogen and oxygen atoms in total. The highest BCUT2D eigenvalue weighted by molar-refractivity contribution is 8.26. The fraction of sp³-hybridized carbons (Fsp3) is 0.0909. The van der Waals surface area contributed by atoms with Gasteiger partial charge in [-0.15, -0.1) is 0 Å². The summed E-state index contributed by atoms with van der Waals surface area (Å²) in [6.07, 6.45) is 6.57. The van der Waals surface area contributed by atoms with Crippen molar-refractivity contribution in [1.29, 1.82) is 0 Å². The van der Waals surface area contributed by atoms with Gasteiger partial charge in [-0.2, -0.15) is 10.1 Å². The minimum atomic E-state index is -1.21. The molecule has 1 N–H and O–H groups in total. The largest absolute Gasteiger partial charge is 0.493 e. The maximum absolute atomic E-state index is 12.7. The van der Waals surface area contributed by atoms with Crippen LogP contribution in [0, 0.1) is 0 Å². The van der Waals surface area contributed by atoms with Crippen LogP contribution in [-0.4, -0.2) is 46.7 Å². The molecule has 1 saturated heterocycles. The molecule has 1 fully saturated rings. The topological polar surface area (TPSA) is 88.4 Å². The number of hydrogen-bond acceptors (Lipinski definition) is 7. The second-order valence-electron chi connectivity index (χ2n) is 6.10. The van der Waals surface area contributed by atoms with E-state index >= 15 is 0 Å². The van der Waals surface area contributed by atoms with E-state index in [4.69, 9.17) is 21.7 Å². The number of carboxylic acid groups (broad SMARTS) is 1. The fourth-order valence-corrected chi connectivity index (χ4v) is 3.90. The van der Waals surface area contributed by atoms with E-state index < -0.39 is 5.97 Å². The van der Waals surface area contributed by atoms with Gasteiger partial charge in [0.15, 0.2) is 15.8 Å². The number of thiocarbonyl (C=S) groups is 1. The number of aromatic carboxylic acids is 1. The van der Waals surface area contributed by atoms with Crippen LogP contribution in [0.5, 0.6) is 11.5 Å². The summed E-state index contributed by atoms with van der Waals surface area (Å²) in [6.45, 7) is 0. The number of benzene rings is 2. The number of ether oxygens (including phenoxy) is 2. The number of rotatable bonds is 7. The van der Waals surface area contributed by atoms with Gasteiger partial charge >= 0.3 is 5.97 Å². The highest BCUT2D eigenvalue weighted by atomic mass is 32.2. The normalized spacial score (nSPS) is 15.4. The van der Waals surface area contributed by atoms with Crippen LogP contribution in [0.1, 0.15) is 21.5 Å². The van der Waals surface area contributed by atoms with Crippen LogP contribution in [0.15, 0.2) is 64.6 Å². The van der Waals surface area contributed by atoms with Gasteiger partial charge in [0, 0.05) is 5.56 Å². The van der Waals surface area contributed by atoms with Crippen LogP contribution in [0.2, 0.25) is 0 Å². The maximum Gasteiger partial charge on any atom is 0.340 e. The molecule has 2 aromatic carbocycles. The number of hydrogen-bond donors (Lipinski definition) is 1. The van der Waals surface area contributed by atoms with Gasteiger partial charge in [0.25, 0.3) is 5.91 Å². The lowest BCUT2D eigenvalue weighted by atomic mass is 10.1. The zero-order valence-corrected chi connectivity index (χ0v) is 18.3. The molecule has 0 saturated carbocycles. The summed E-state index contributed by atoms with van der Waals surface area (Å²) in [5, 5.41) is 14.8. The van der Waals surface area contributed by atoms with Gasteiger partial charge in [0.05, 0.1) is 25.3 Å². The van der Waals surface area contributed by atoms with Crippen molar-refractivity contribution in [2.24, 2.45) is 5.10 Å². The predicted molar refractivity (Wildman–Crippen MR) is 125 cm³/mol. The van der Waals surface area contributed by atoms with Crippen molar-refractivity contribution in [3.05, 3.63) is 76.2 Å². The Hall–Kier alpha value is -3.43. The van der Waals surface area contributed by atoms with Crippen LogP contribution in [-0.2, 0) is 4.79 Å². The summed E-state index contributed by atoms with van der Waals surface area (Å²) in [5.74, 6) is -1.26. The Bertz CT molecular complexity index is 1110. The molecule has 0 aromatic heterocycles. The molecule has 1 aliphatic heterocycles. The quantitative estimate of drug-likeness (QED) is 0.381. The third kappa shape index (κ3) is 5.01. The summed E-state index contributed by atoms with van der Waals surface area (Å²) < 4.78 is 10.6. The average Bonchev–Trinajstić information content (AvgIpc) is 3.04. The summed E-state index contributed by atoms with van der Waals surface area (Å²) in [4.78, 5) is 24.8. The molecule has 0 unspecified atom stereocenters. The molecule has 0 spiro atoms. The molecule has 31 heavy (non-hydrogen) atoms. The number of amides is 1. The summed E-state index contributed by atoms with van der Waals surface area (Å²) in [6, 6.07) is 12.7. The van der Waals surface area contributed by atoms with Gasteiger partial charge < -0.3 is 14.6 Å². The smallest absolute Gasteiger partial charge is 0.340 e. The second-order valence-corrected chi connectivity index (χ2v) is 7.78. The molecule has 1 heterocycles. The number of carboxylic acids is 1. The minimum absolute atomic E-state index is 0.0651. The standard InChI is InChI=1S/C22H18N2O5S2/c1-28-16-12-11-15(18(21(26)27)19(16)29-2)13-23-24-20(25)17(31-22(24)30)10-6-9-14-7-4-3-5-8-14/h3-13H,1-2H3,(H,26,27)/b9-6-,17-10+,23-13+. The summed E-state index contributed by atoms with van der Waals surface area (Å²) in [7, 11) is 2.76. The predicted octanol–water partition coefficient (Wildman–Crippen LogP) is 4.19. The lowest BCUT2D eigenvalue weighted by Gasteiger charge is -2.13. The van der Waals surface area contributed by atoms with Crippen LogP contribution in [0.4, 0.5) is 0 Å². The molecule has 9 heteroatoms. The first-order valence-corrected chi connectivity index (χ1v) is 10.2. The third-order valence-corrected chi connectivity index (χ3v) is 5.51. The Morgan fingerprint density at radius 3 is 2.55 bits per heavy atom. The van der Waals surface area contributed by atoms with Gasteiger partial charge in [-0.25, -0.2) is 4.79 Å². The monoisotopic (exact) mass is 454 g/mol. The van der Waals surface area contributed by atoms with E-state index in [1.165, 1.54) is 26.5 Å². The van der Waals surface area contributed by atoms with E-state index in [1.54, 1.807) is 18.2 Å². The van der Waals surface area contributed by atoms with E-state index in [9.17, 15) is 14.7 Å². The van der Waals surface area contributed by atoms with Crippen molar-refractivity contribution in [3.63, 3.8) is 0 Å². The fourth-order valence-electron chi connectivity index (χ4n) is 2.77. The summed E-state index contributed by atoms with van der Waals surface area (Å²) >= 11 is 6.37. The van der Waals surface area contributed by atoms with Crippen molar-refractivity contribution in [3.8, 4) is 11.5 Å². The Kier molecular flexibility index (Phi) is 7.22. The molecule has 0 radical (unpaired) electrons. The van der Waals surface area contributed by atoms with E-state index in [-0.39, 0.29) is 32.9 Å². The number of methoxy groups -OCH3 is 2. The zero-order chi connectivity index (χ0) is 22.4. The van der Waals surface area contributed by atoms with Crippen molar-refractivity contribution in [2.75, 3.05) is 14.2 Å². The first kappa shape index (κ1) is 22.3. The van der Waals surface area contributed by atoms with Crippen molar-refractivity contribution in [2.45, 2.75) is 0 Å². The second kappa shape index (κ2) is 10.1. The molecule has 1 aliphatic rings. The van der Waals surface area contributed by atoms with Crippen molar-refractivity contribution >= 4 is 52.5 Å². The highest BCUT2D eigenvalue weighted by Crippen LogP contribution is 2.34. The van der Waals surface area contributed by atoms with Gasteiger partial charge in [-0.05, 0) is 36.0 Å². The lowest BCUT2D eigenvalue weighted by Crippen LogP contribution is -2.22. The Morgan fingerprint density at radius 1 is 1.16 bits per heavy atom. The molecule has 0 bridgehead atoms. The van der Waals surface area contributed by atoms with E-state index in [1.807, 2.05) is 36.4 Å². The first-order valence-electron chi connectivity index (χ1n) is 8.98. The minimum Gasteiger partial charge on any atom is -0.493 e. The third-order valence-electron chi connectivity index (χ3n) is 4.21. The number of hydrazone groups is 1. The molecule has 2 aromatic rings. The lowest BCUT2D eigenvalue weighted by molar-refractivity contribution is -0.122. The molecular formula is C22H18N2O5S2. The van der Waals surface area contributed by atoms with Gasteiger partial charge in [-0.1, -0.05) is 54.2 Å². The maximum atomic E-state index is 12.7. The average molecular weight is 455 g/mol. The van der Waals surface area contributed by atoms with Gasteiger partial charge in [-0.3, -0.25) is 4.79 Å². The van der Waals surface area contributed by atoms with Crippen LogP contribution >= 0.6 is 24.0 Å².